The van der Waals surface area contributed by atoms with E-state index in [-0.39, 0.29) is 12.3 Å². The molecule has 1 heterocycles. The van der Waals surface area contributed by atoms with Gasteiger partial charge in [0, 0.05) is 31.8 Å². The number of hydrogen-bond donors (Lipinski definition) is 1. The largest absolute Gasteiger partial charge is 0.485 e. The molecule has 7 heteroatoms. The van der Waals surface area contributed by atoms with E-state index in [0.29, 0.717) is 18.4 Å². The van der Waals surface area contributed by atoms with Crippen molar-refractivity contribution < 1.29 is 14.8 Å². The maximum Gasteiger partial charge on any atom is 0.310 e. The van der Waals surface area contributed by atoms with Gasteiger partial charge in [-0.25, -0.2) is 0 Å². The Kier molecular flexibility index (Phi) is 7.42. The van der Waals surface area contributed by atoms with Gasteiger partial charge in [-0.2, -0.15) is 0 Å². The number of piperidine rings is 1. The van der Waals surface area contributed by atoms with Crippen LogP contribution in [0.5, 0.6) is 5.75 Å². The van der Waals surface area contributed by atoms with Crippen molar-refractivity contribution in [3.63, 3.8) is 0 Å². The predicted molar refractivity (Wildman–Crippen MR) is 92.4 cm³/mol. The summed E-state index contributed by atoms with van der Waals surface area (Å²) in [4.78, 5) is 15.2. The molecule has 1 aliphatic rings. The molecule has 1 N–H and O–H groups in total. The lowest BCUT2D eigenvalue weighted by Crippen LogP contribution is -2.44. The number of aliphatic hydroxyl groups is 1. The minimum atomic E-state index is -0.414. The van der Waals surface area contributed by atoms with E-state index >= 15 is 0 Å². The van der Waals surface area contributed by atoms with E-state index in [9.17, 15) is 10.1 Å². The van der Waals surface area contributed by atoms with Gasteiger partial charge in [-0.1, -0.05) is 12.1 Å². The molecular weight excluding hydrogens is 310 g/mol. The van der Waals surface area contributed by atoms with Gasteiger partial charge in [-0.3, -0.25) is 15.0 Å². The summed E-state index contributed by atoms with van der Waals surface area (Å²) in [6.07, 6.45) is 3.03. The fourth-order valence-electron chi connectivity index (χ4n) is 3.10. The van der Waals surface area contributed by atoms with E-state index < -0.39 is 4.92 Å². The highest BCUT2D eigenvalue weighted by atomic mass is 16.6. The molecule has 0 saturated carbocycles. The van der Waals surface area contributed by atoms with E-state index in [0.717, 1.165) is 45.4 Å². The highest BCUT2D eigenvalue weighted by molar-refractivity contribution is 5.45. The molecule has 1 fully saturated rings. The van der Waals surface area contributed by atoms with Crippen LogP contribution in [0.25, 0.3) is 0 Å². The lowest BCUT2D eigenvalue weighted by molar-refractivity contribution is -0.385. The molecule has 24 heavy (non-hydrogen) atoms. The molecule has 0 bridgehead atoms. The third-order valence-electron chi connectivity index (χ3n) is 4.58. The van der Waals surface area contributed by atoms with Crippen molar-refractivity contribution in [3.8, 4) is 5.75 Å². The van der Waals surface area contributed by atoms with E-state index in [1.807, 2.05) is 0 Å². The molecule has 1 saturated heterocycles. The first-order valence-electron chi connectivity index (χ1n) is 8.51. The summed E-state index contributed by atoms with van der Waals surface area (Å²) in [6, 6.07) is 7.06. The molecule has 7 nitrogen and oxygen atoms in total. The number of nitrogens with zero attached hydrogens (tertiary/aromatic N) is 3. The van der Waals surface area contributed by atoms with E-state index in [2.05, 4.69) is 16.8 Å². The SMILES string of the molecule is CN(CCCO)C1CCN(CCOc2ccccc2[N+](=O)[O-])CC1. The van der Waals surface area contributed by atoms with Crippen LogP contribution in [0.4, 0.5) is 5.69 Å². The van der Waals surface area contributed by atoms with Gasteiger partial charge < -0.3 is 14.7 Å². The Balaban J connectivity index is 1.71. The fraction of sp³-hybridized carbons (Fsp3) is 0.647. The van der Waals surface area contributed by atoms with Gasteiger partial charge in [0.1, 0.15) is 6.61 Å². The van der Waals surface area contributed by atoms with Crippen molar-refractivity contribution in [2.24, 2.45) is 0 Å². The van der Waals surface area contributed by atoms with Crippen LogP contribution in [-0.4, -0.2) is 72.3 Å². The molecule has 0 radical (unpaired) electrons. The fourth-order valence-corrected chi connectivity index (χ4v) is 3.10. The maximum absolute atomic E-state index is 11.0. The first kappa shape index (κ1) is 18.6. The van der Waals surface area contributed by atoms with Gasteiger partial charge in [0.2, 0.25) is 0 Å². The zero-order chi connectivity index (χ0) is 17.4. The molecule has 1 aromatic rings. The summed E-state index contributed by atoms with van der Waals surface area (Å²) in [5.74, 6) is 0.334. The van der Waals surface area contributed by atoms with Crippen LogP contribution in [0.3, 0.4) is 0 Å². The van der Waals surface area contributed by atoms with Crippen LogP contribution in [0.1, 0.15) is 19.3 Å². The second-order valence-corrected chi connectivity index (χ2v) is 6.20. The summed E-state index contributed by atoms with van der Waals surface area (Å²) >= 11 is 0. The molecule has 0 amide bonds. The molecule has 0 aromatic heterocycles. The Hall–Kier alpha value is -1.70. The monoisotopic (exact) mass is 337 g/mol. The third-order valence-corrected chi connectivity index (χ3v) is 4.58. The molecule has 0 unspecified atom stereocenters. The van der Waals surface area contributed by atoms with Gasteiger partial charge in [-0.15, -0.1) is 0 Å². The van der Waals surface area contributed by atoms with Gasteiger partial charge in [-0.05, 0) is 45.5 Å². The number of rotatable bonds is 9. The topological polar surface area (TPSA) is 79.1 Å². The summed E-state index contributed by atoms with van der Waals surface area (Å²) in [7, 11) is 2.12. The van der Waals surface area contributed by atoms with Crippen LogP contribution in [0.2, 0.25) is 0 Å². The molecule has 0 atom stereocenters. The van der Waals surface area contributed by atoms with Gasteiger partial charge >= 0.3 is 5.69 Å². The van der Waals surface area contributed by atoms with E-state index in [4.69, 9.17) is 9.84 Å². The number of para-hydroxylation sites is 2. The minimum absolute atomic E-state index is 0.0155. The Bertz CT molecular complexity index is 518. The number of likely N-dealkylation sites (tertiary alicyclic amines) is 1. The number of aliphatic hydroxyl groups excluding tert-OH is 1. The van der Waals surface area contributed by atoms with Crippen LogP contribution < -0.4 is 4.74 Å². The average molecular weight is 337 g/mol. The van der Waals surface area contributed by atoms with Gasteiger partial charge in [0.05, 0.1) is 4.92 Å². The summed E-state index contributed by atoms with van der Waals surface area (Å²) in [5, 5.41) is 19.9. The standard InChI is InChI=1S/C17H27N3O4/c1-18(9-4-13-21)15-7-10-19(11-8-15)12-14-24-17-6-3-2-5-16(17)20(22)23/h2-3,5-6,15,21H,4,7-14H2,1H3. The smallest absolute Gasteiger partial charge is 0.310 e. The molecule has 0 aliphatic carbocycles. The summed E-state index contributed by atoms with van der Waals surface area (Å²) in [5.41, 5.74) is 0.0155. The molecule has 134 valence electrons. The van der Waals surface area contributed by atoms with Crippen molar-refractivity contribution in [3.05, 3.63) is 34.4 Å². The molecule has 1 aromatic carbocycles. The highest BCUT2D eigenvalue weighted by Gasteiger charge is 2.22. The zero-order valence-electron chi connectivity index (χ0n) is 14.3. The van der Waals surface area contributed by atoms with E-state index in [1.165, 1.54) is 6.07 Å². The lowest BCUT2D eigenvalue weighted by Gasteiger charge is -2.36. The Morgan fingerprint density at radius 1 is 1.38 bits per heavy atom. The normalized spacial score (nSPS) is 16.5. The van der Waals surface area contributed by atoms with Crippen LogP contribution in [0.15, 0.2) is 24.3 Å². The highest BCUT2D eigenvalue weighted by Crippen LogP contribution is 2.25. The van der Waals surface area contributed by atoms with E-state index in [1.54, 1.807) is 18.2 Å². The van der Waals surface area contributed by atoms with Crippen molar-refractivity contribution in [2.75, 3.05) is 46.4 Å². The Morgan fingerprint density at radius 3 is 2.75 bits per heavy atom. The lowest BCUT2D eigenvalue weighted by atomic mass is 10.0. The van der Waals surface area contributed by atoms with Crippen molar-refractivity contribution in [1.82, 2.24) is 9.80 Å². The first-order chi connectivity index (χ1) is 11.6. The number of hydrogen-bond acceptors (Lipinski definition) is 6. The number of nitro groups is 1. The summed E-state index contributed by atoms with van der Waals surface area (Å²) in [6.45, 7) is 4.42. The average Bonchev–Trinajstić information content (AvgIpc) is 2.60. The van der Waals surface area contributed by atoms with Crippen molar-refractivity contribution in [2.45, 2.75) is 25.3 Å². The predicted octanol–water partition coefficient (Wildman–Crippen LogP) is 1.75. The third kappa shape index (κ3) is 5.43. The number of benzene rings is 1. The van der Waals surface area contributed by atoms with Crippen molar-refractivity contribution in [1.29, 1.82) is 0 Å². The van der Waals surface area contributed by atoms with Crippen LogP contribution >= 0.6 is 0 Å². The quantitative estimate of drug-likeness (QED) is 0.546. The number of nitro benzene ring substituents is 1. The second kappa shape index (κ2) is 9.56. The minimum Gasteiger partial charge on any atom is -0.485 e. The summed E-state index contributed by atoms with van der Waals surface area (Å²) < 4.78 is 5.61. The molecular formula is C17H27N3O4. The van der Waals surface area contributed by atoms with Crippen LogP contribution in [0, 0.1) is 10.1 Å². The molecule has 2 rings (SSSR count). The molecule has 1 aliphatic heterocycles. The zero-order valence-corrected chi connectivity index (χ0v) is 14.3. The number of ether oxygens (including phenoxy) is 1. The maximum atomic E-state index is 11.0. The van der Waals surface area contributed by atoms with Gasteiger partial charge in [0.25, 0.3) is 0 Å². The first-order valence-corrected chi connectivity index (χ1v) is 8.51. The van der Waals surface area contributed by atoms with Crippen molar-refractivity contribution >= 4 is 5.69 Å². The Morgan fingerprint density at radius 2 is 2.08 bits per heavy atom. The molecule has 0 spiro atoms. The van der Waals surface area contributed by atoms with Crippen LogP contribution in [-0.2, 0) is 0 Å². The Labute approximate surface area is 143 Å². The second-order valence-electron chi connectivity index (χ2n) is 6.20. The van der Waals surface area contributed by atoms with Gasteiger partial charge in [0.15, 0.2) is 5.75 Å².